The highest BCUT2D eigenvalue weighted by atomic mass is 16.1. The Morgan fingerprint density at radius 2 is 1.55 bits per heavy atom. The average Bonchev–Trinajstić information content (AvgIpc) is 2.54. The summed E-state index contributed by atoms with van der Waals surface area (Å²) in [7, 11) is 0. The first-order valence-corrected chi connectivity index (χ1v) is 7.43. The van der Waals surface area contributed by atoms with Gasteiger partial charge in [-0.2, -0.15) is 4.98 Å². The number of benzene rings is 2. The highest BCUT2D eigenvalue weighted by Gasteiger charge is 2.11. The molecule has 1 heterocycles. The molecule has 0 amide bonds. The lowest BCUT2D eigenvalue weighted by Crippen LogP contribution is -2.16. The van der Waals surface area contributed by atoms with Crippen LogP contribution in [-0.2, 0) is 12.8 Å². The van der Waals surface area contributed by atoms with Crippen molar-refractivity contribution in [2.45, 2.75) is 19.8 Å². The summed E-state index contributed by atoms with van der Waals surface area (Å²) in [5.41, 5.74) is 4.83. The van der Waals surface area contributed by atoms with Crippen molar-refractivity contribution in [3.8, 4) is 11.1 Å². The number of nitrogens with one attached hydrogen (secondary N) is 1. The van der Waals surface area contributed by atoms with Crippen LogP contribution in [0, 0.1) is 6.92 Å². The Morgan fingerprint density at radius 1 is 0.909 bits per heavy atom. The number of aryl methyl sites for hydroxylation is 3. The Hall–Kier alpha value is -2.68. The lowest BCUT2D eigenvalue weighted by Gasteiger charge is -2.11. The van der Waals surface area contributed by atoms with Crippen LogP contribution in [-0.4, -0.2) is 9.97 Å². The normalized spacial score (nSPS) is 10.6. The Kier molecular flexibility index (Phi) is 4.15. The van der Waals surface area contributed by atoms with Gasteiger partial charge in [-0.25, -0.2) is 4.79 Å². The standard InChI is InChI=1S/C19H18N2O/c1-14-18(16-10-6-3-7-11-16)17(21-19(22)20-14)13-12-15-8-4-2-5-9-15/h2-11H,12-13H2,1H3,(H,20,21,22). The fraction of sp³-hybridized carbons (Fsp3) is 0.158. The van der Waals surface area contributed by atoms with Crippen LogP contribution in [0.15, 0.2) is 65.5 Å². The molecule has 0 saturated carbocycles. The summed E-state index contributed by atoms with van der Waals surface area (Å²) in [6.45, 7) is 1.93. The van der Waals surface area contributed by atoms with Gasteiger partial charge >= 0.3 is 5.69 Å². The van der Waals surface area contributed by atoms with Gasteiger partial charge < -0.3 is 4.98 Å². The van der Waals surface area contributed by atoms with E-state index < -0.39 is 0 Å². The molecule has 0 aliphatic carbocycles. The Morgan fingerprint density at radius 3 is 2.23 bits per heavy atom. The number of rotatable bonds is 4. The first-order chi connectivity index (χ1) is 10.7. The van der Waals surface area contributed by atoms with Crippen LogP contribution in [0.4, 0.5) is 0 Å². The van der Waals surface area contributed by atoms with E-state index in [0.29, 0.717) is 0 Å². The summed E-state index contributed by atoms with van der Waals surface area (Å²) in [5, 5.41) is 0. The summed E-state index contributed by atoms with van der Waals surface area (Å²) in [6.07, 6.45) is 1.62. The maximum absolute atomic E-state index is 11.7. The molecular weight excluding hydrogens is 272 g/mol. The van der Waals surface area contributed by atoms with Crippen molar-refractivity contribution in [3.05, 3.63) is 88.1 Å². The molecule has 0 spiro atoms. The number of nitrogens with zero attached hydrogens (tertiary/aromatic N) is 1. The van der Waals surface area contributed by atoms with E-state index in [9.17, 15) is 4.79 Å². The van der Waals surface area contributed by atoms with Gasteiger partial charge in [-0.15, -0.1) is 0 Å². The number of hydrogen-bond donors (Lipinski definition) is 1. The quantitative estimate of drug-likeness (QED) is 0.799. The van der Waals surface area contributed by atoms with Crippen molar-refractivity contribution in [2.75, 3.05) is 0 Å². The van der Waals surface area contributed by atoms with Gasteiger partial charge in [0.25, 0.3) is 0 Å². The zero-order chi connectivity index (χ0) is 15.4. The van der Waals surface area contributed by atoms with E-state index in [1.54, 1.807) is 0 Å². The van der Waals surface area contributed by atoms with Crippen LogP contribution < -0.4 is 5.69 Å². The van der Waals surface area contributed by atoms with E-state index in [1.807, 2.05) is 55.5 Å². The molecule has 0 radical (unpaired) electrons. The van der Waals surface area contributed by atoms with E-state index in [1.165, 1.54) is 5.56 Å². The largest absolute Gasteiger partial charge is 0.345 e. The lowest BCUT2D eigenvalue weighted by molar-refractivity contribution is 0.875. The molecule has 3 heteroatoms. The van der Waals surface area contributed by atoms with Gasteiger partial charge in [0.05, 0.1) is 5.69 Å². The maximum Gasteiger partial charge on any atom is 0.345 e. The molecule has 3 rings (SSSR count). The second-order valence-electron chi connectivity index (χ2n) is 5.34. The topological polar surface area (TPSA) is 45.8 Å². The summed E-state index contributed by atoms with van der Waals surface area (Å²) >= 11 is 0. The first kappa shape index (κ1) is 14.3. The van der Waals surface area contributed by atoms with Crippen LogP contribution in [0.2, 0.25) is 0 Å². The van der Waals surface area contributed by atoms with Crippen LogP contribution >= 0.6 is 0 Å². The molecule has 3 aromatic rings. The molecule has 0 aliphatic rings. The zero-order valence-corrected chi connectivity index (χ0v) is 12.5. The smallest absolute Gasteiger partial charge is 0.309 e. The van der Waals surface area contributed by atoms with Gasteiger partial charge in [0.2, 0.25) is 0 Å². The van der Waals surface area contributed by atoms with E-state index in [2.05, 4.69) is 22.1 Å². The highest BCUT2D eigenvalue weighted by Crippen LogP contribution is 2.24. The highest BCUT2D eigenvalue weighted by molar-refractivity contribution is 5.68. The Balaban J connectivity index is 1.98. The molecule has 0 atom stereocenters. The summed E-state index contributed by atoms with van der Waals surface area (Å²) in [6, 6.07) is 20.4. The lowest BCUT2D eigenvalue weighted by atomic mass is 9.98. The average molecular weight is 290 g/mol. The van der Waals surface area contributed by atoms with Gasteiger partial charge in [-0.3, -0.25) is 0 Å². The number of aromatic amines is 1. The molecule has 1 aromatic heterocycles. The third-order valence-electron chi connectivity index (χ3n) is 3.75. The minimum atomic E-state index is -0.278. The van der Waals surface area contributed by atoms with Crippen LogP contribution in [0.3, 0.4) is 0 Å². The van der Waals surface area contributed by atoms with Gasteiger partial charge in [-0.05, 0) is 30.9 Å². The van der Waals surface area contributed by atoms with Gasteiger partial charge in [0, 0.05) is 11.3 Å². The molecule has 22 heavy (non-hydrogen) atoms. The zero-order valence-electron chi connectivity index (χ0n) is 12.5. The monoisotopic (exact) mass is 290 g/mol. The predicted octanol–water partition coefficient (Wildman–Crippen LogP) is 3.53. The predicted molar refractivity (Wildman–Crippen MR) is 88.9 cm³/mol. The van der Waals surface area contributed by atoms with E-state index in [4.69, 9.17) is 0 Å². The van der Waals surface area contributed by atoms with Gasteiger partial charge in [-0.1, -0.05) is 60.7 Å². The number of H-pyrrole nitrogens is 1. The van der Waals surface area contributed by atoms with Crippen molar-refractivity contribution in [3.63, 3.8) is 0 Å². The second kappa shape index (κ2) is 6.39. The number of aromatic nitrogens is 2. The Labute approximate surface area is 129 Å². The van der Waals surface area contributed by atoms with Crippen LogP contribution in [0.25, 0.3) is 11.1 Å². The van der Waals surface area contributed by atoms with Gasteiger partial charge in [0.1, 0.15) is 0 Å². The molecular formula is C19H18N2O. The summed E-state index contributed by atoms with van der Waals surface area (Å²) in [4.78, 5) is 18.8. The van der Waals surface area contributed by atoms with Gasteiger partial charge in [0.15, 0.2) is 0 Å². The van der Waals surface area contributed by atoms with E-state index >= 15 is 0 Å². The number of hydrogen-bond acceptors (Lipinski definition) is 2. The van der Waals surface area contributed by atoms with E-state index in [0.717, 1.165) is 35.4 Å². The third-order valence-corrected chi connectivity index (χ3v) is 3.75. The van der Waals surface area contributed by atoms with Crippen molar-refractivity contribution >= 4 is 0 Å². The molecule has 0 bridgehead atoms. The molecule has 3 nitrogen and oxygen atoms in total. The van der Waals surface area contributed by atoms with Crippen molar-refractivity contribution < 1.29 is 0 Å². The van der Waals surface area contributed by atoms with Crippen molar-refractivity contribution in [2.24, 2.45) is 0 Å². The molecule has 110 valence electrons. The van der Waals surface area contributed by atoms with E-state index in [-0.39, 0.29) is 5.69 Å². The minimum Gasteiger partial charge on any atom is -0.309 e. The van der Waals surface area contributed by atoms with Crippen molar-refractivity contribution in [1.82, 2.24) is 9.97 Å². The second-order valence-corrected chi connectivity index (χ2v) is 5.34. The molecule has 2 aromatic carbocycles. The third kappa shape index (κ3) is 3.14. The molecule has 0 unspecified atom stereocenters. The SMILES string of the molecule is Cc1[nH]c(=O)nc(CCc2ccccc2)c1-c1ccccc1. The summed E-state index contributed by atoms with van der Waals surface area (Å²) in [5.74, 6) is 0. The fourth-order valence-electron chi connectivity index (χ4n) is 2.72. The first-order valence-electron chi connectivity index (χ1n) is 7.43. The minimum absolute atomic E-state index is 0.278. The van der Waals surface area contributed by atoms with Crippen molar-refractivity contribution in [1.29, 1.82) is 0 Å². The fourth-order valence-corrected chi connectivity index (χ4v) is 2.72. The molecule has 0 aliphatic heterocycles. The van der Waals surface area contributed by atoms with Crippen LogP contribution in [0.5, 0.6) is 0 Å². The summed E-state index contributed by atoms with van der Waals surface area (Å²) < 4.78 is 0. The molecule has 0 fully saturated rings. The maximum atomic E-state index is 11.7. The Bertz CT molecular complexity index is 808. The molecule has 0 saturated heterocycles. The van der Waals surface area contributed by atoms with Crippen LogP contribution in [0.1, 0.15) is 17.0 Å². The molecule has 1 N–H and O–H groups in total.